The molecule has 41 heavy (non-hydrogen) atoms. The first kappa shape index (κ1) is 30.2. The molecule has 0 radical (unpaired) electrons. The zero-order chi connectivity index (χ0) is 28.2. The highest BCUT2D eigenvalue weighted by atomic mass is 16.5. The number of piperidine rings is 3. The highest BCUT2D eigenvalue weighted by Crippen LogP contribution is 2.37. The monoisotopic (exact) mass is 576 g/mol. The summed E-state index contributed by atoms with van der Waals surface area (Å²) in [6.07, 6.45) is 13.9. The van der Waals surface area contributed by atoms with E-state index in [-0.39, 0.29) is 36.3 Å². The van der Waals surface area contributed by atoms with Gasteiger partial charge in [-0.2, -0.15) is 0 Å². The first-order valence-electron chi connectivity index (χ1n) is 16.9. The van der Waals surface area contributed by atoms with E-state index in [9.17, 15) is 9.90 Å². The summed E-state index contributed by atoms with van der Waals surface area (Å²) >= 11 is 0. The van der Waals surface area contributed by atoms with Crippen LogP contribution in [0.2, 0.25) is 0 Å². The molecule has 0 aromatic carbocycles. The van der Waals surface area contributed by atoms with Gasteiger partial charge in [-0.15, -0.1) is 0 Å². The van der Waals surface area contributed by atoms with Crippen molar-refractivity contribution >= 4 is 5.91 Å². The summed E-state index contributed by atoms with van der Waals surface area (Å²) < 4.78 is 12.0. The quantitative estimate of drug-likeness (QED) is 0.228. The summed E-state index contributed by atoms with van der Waals surface area (Å²) in [6.45, 7) is 6.92. The lowest BCUT2D eigenvalue weighted by molar-refractivity contribution is -0.128. The maximum absolute atomic E-state index is 13.4. The number of carbonyl (C=O) groups excluding carboxylic acids is 1. The van der Waals surface area contributed by atoms with E-state index in [4.69, 9.17) is 9.47 Å². The second-order valence-corrected chi connectivity index (χ2v) is 14.0. The Bertz CT molecular complexity index is 841. The number of ether oxygens (including phenoxy) is 2. The van der Waals surface area contributed by atoms with E-state index in [1.54, 1.807) is 0 Å². The number of hydrogen-bond acceptors (Lipinski definition) is 9. The van der Waals surface area contributed by atoms with Gasteiger partial charge in [-0.05, 0) is 103 Å². The molecule has 4 saturated heterocycles. The predicted molar refractivity (Wildman–Crippen MR) is 158 cm³/mol. The van der Waals surface area contributed by atoms with Crippen LogP contribution in [0.5, 0.6) is 0 Å². The molecule has 4 heterocycles. The summed E-state index contributed by atoms with van der Waals surface area (Å²) in [5.41, 5.74) is 0. The van der Waals surface area contributed by atoms with Crippen LogP contribution in [0, 0.1) is 17.8 Å². The topological polar surface area (TPSA) is 119 Å². The van der Waals surface area contributed by atoms with Gasteiger partial charge in [0.15, 0.2) is 0 Å². The van der Waals surface area contributed by atoms with Gasteiger partial charge in [-0.1, -0.05) is 12.8 Å². The lowest BCUT2D eigenvalue weighted by atomic mass is 9.72. The van der Waals surface area contributed by atoms with Crippen LogP contribution in [0.1, 0.15) is 84.0 Å². The van der Waals surface area contributed by atoms with Crippen LogP contribution in [0.25, 0.3) is 0 Å². The van der Waals surface area contributed by atoms with Crippen molar-refractivity contribution in [2.75, 3.05) is 39.5 Å². The highest BCUT2D eigenvalue weighted by molar-refractivity contribution is 5.78. The first-order chi connectivity index (χ1) is 20.0. The number of aliphatic hydroxyl groups excluding tert-OH is 1. The molecular weight excluding hydrogens is 520 g/mol. The van der Waals surface area contributed by atoms with Crippen molar-refractivity contribution in [1.29, 1.82) is 0 Å². The van der Waals surface area contributed by atoms with E-state index in [0.717, 1.165) is 58.2 Å². The molecule has 10 heteroatoms. The lowest BCUT2D eigenvalue weighted by Gasteiger charge is -2.45. The van der Waals surface area contributed by atoms with Crippen molar-refractivity contribution in [3.05, 3.63) is 0 Å². The molecule has 10 atom stereocenters. The third kappa shape index (κ3) is 7.81. The lowest BCUT2D eigenvalue weighted by Crippen LogP contribution is -2.63. The number of nitrogens with zero attached hydrogens (tertiary/aromatic N) is 1. The van der Waals surface area contributed by atoms with Gasteiger partial charge in [0.05, 0.1) is 44.0 Å². The van der Waals surface area contributed by atoms with E-state index < -0.39 is 6.10 Å². The Hall–Kier alpha value is -0.850. The van der Waals surface area contributed by atoms with Gasteiger partial charge >= 0.3 is 0 Å². The summed E-state index contributed by atoms with van der Waals surface area (Å²) in [6, 6.07) is 0.972. The predicted octanol–water partition coefficient (Wildman–Crippen LogP) is 1.24. The van der Waals surface area contributed by atoms with Gasteiger partial charge in [-0.25, -0.2) is 0 Å². The van der Waals surface area contributed by atoms with Crippen LogP contribution in [0.15, 0.2) is 0 Å². The number of amides is 1. The van der Waals surface area contributed by atoms with Crippen molar-refractivity contribution in [2.24, 2.45) is 17.8 Å². The van der Waals surface area contributed by atoms with Gasteiger partial charge in [0.25, 0.3) is 0 Å². The van der Waals surface area contributed by atoms with Crippen LogP contribution in [0.4, 0.5) is 0 Å². The van der Waals surface area contributed by atoms with E-state index in [0.29, 0.717) is 49.9 Å². The van der Waals surface area contributed by atoms with Crippen molar-refractivity contribution < 1.29 is 19.4 Å². The molecule has 6 aliphatic rings. The summed E-state index contributed by atoms with van der Waals surface area (Å²) in [7, 11) is 0. The smallest absolute Gasteiger partial charge is 0.223 e. The Balaban J connectivity index is 0.942. The fraction of sp³-hybridized carbons (Fsp3) is 0.968. The average Bonchev–Trinajstić information content (AvgIpc) is 3.40. The largest absolute Gasteiger partial charge is 0.390 e. The van der Waals surface area contributed by atoms with E-state index in [1.165, 1.54) is 38.5 Å². The zero-order valence-electron chi connectivity index (χ0n) is 25.2. The Morgan fingerprint density at radius 3 is 2.63 bits per heavy atom. The number of nitrogens with one attached hydrogen (secondary N) is 5. The second kappa shape index (κ2) is 14.3. The minimum atomic E-state index is -0.564. The van der Waals surface area contributed by atoms with E-state index in [2.05, 4.69) is 38.4 Å². The molecular formula is C31H56N6O4. The van der Waals surface area contributed by atoms with Crippen LogP contribution in [-0.4, -0.2) is 104 Å². The number of carbonyl (C=O) groups is 1. The molecule has 0 aromatic heterocycles. The van der Waals surface area contributed by atoms with Crippen molar-refractivity contribution in [1.82, 2.24) is 31.5 Å². The molecule has 2 aliphatic carbocycles. The maximum Gasteiger partial charge on any atom is 0.223 e. The van der Waals surface area contributed by atoms with Crippen LogP contribution < -0.4 is 26.6 Å². The highest BCUT2D eigenvalue weighted by Gasteiger charge is 2.40. The molecule has 1 amide bonds. The minimum Gasteiger partial charge on any atom is -0.390 e. The number of rotatable bonds is 10. The molecule has 2 saturated carbocycles. The number of hydrogen-bond donors (Lipinski definition) is 6. The Morgan fingerprint density at radius 1 is 1.02 bits per heavy atom. The first-order valence-corrected chi connectivity index (χ1v) is 16.9. The Morgan fingerprint density at radius 2 is 1.88 bits per heavy atom. The molecule has 234 valence electrons. The molecule has 0 bridgehead atoms. The normalized spacial score (nSPS) is 41.4. The average molecular weight is 577 g/mol. The maximum atomic E-state index is 13.4. The standard InChI is InChI=1S/C31H56N6O4/c1-20-28(41-19-34-20)18-40-25-9-8-21-13-26(32-16-23(21)12-25)27(38)17-33-31(39)22-14-29(35-24-6-5-7-24)36-30(15-22)37-10-3-2-4-11-37/h20-30,32,34-36,38H,2-19H2,1H3,(H,33,39)/t20?,21?,22?,23?,25?,26-,27+,28?,29?,30?/m0/s1. The van der Waals surface area contributed by atoms with Gasteiger partial charge < -0.3 is 25.2 Å². The molecule has 6 rings (SSSR count). The molecule has 6 N–H and O–H groups in total. The number of fused-ring (bicyclic) bond motifs is 1. The Kier molecular flexibility index (Phi) is 10.5. The minimum absolute atomic E-state index is 0.0275. The number of likely N-dealkylation sites (tertiary alicyclic amines) is 1. The van der Waals surface area contributed by atoms with Gasteiger partial charge in [0.1, 0.15) is 0 Å². The number of aliphatic hydroxyl groups is 1. The van der Waals surface area contributed by atoms with Crippen molar-refractivity contribution in [2.45, 2.75) is 133 Å². The van der Waals surface area contributed by atoms with Gasteiger partial charge in [0.2, 0.25) is 5.91 Å². The van der Waals surface area contributed by atoms with E-state index in [1.807, 2.05) is 0 Å². The summed E-state index contributed by atoms with van der Waals surface area (Å²) in [4.78, 5) is 16.0. The van der Waals surface area contributed by atoms with Crippen LogP contribution in [0.3, 0.4) is 0 Å². The van der Waals surface area contributed by atoms with Crippen LogP contribution in [-0.2, 0) is 14.3 Å². The van der Waals surface area contributed by atoms with Gasteiger partial charge in [0, 0.05) is 30.6 Å². The fourth-order valence-corrected chi connectivity index (χ4v) is 8.17. The molecule has 4 aliphatic heterocycles. The molecule has 8 unspecified atom stereocenters. The van der Waals surface area contributed by atoms with Crippen molar-refractivity contribution in [3.63, 3.8) is 0 Å². The van der Waals surface area contributed by atoms with Crippen LogP contribution >= 0.6 is 0 Å². The van der Waals surface area contributed by atoms with Gasteiger partial charge in [-0.3, -0.25) is 25.6 Å². The molecule has 6 fully saturated rings. The molecule has 10 nitrogen and oxygen atoms in total. The second-order valence-electron chi connectivity index (χ2n) is 14.0. The Labute approximate surface area is 246 Å². The SMILES string of the molecule is CC1NCOC1COC1CCC2C[C@@H]([C@H](O)CNC(=O)C3CC(NC4CCC4)NC(N4CCCCC4)C3)NCC2C1. The zero-order valence-corrected chi connectivity index (χ0v) is 25.2. The summed E-state index contributed by atoms with van der Waals surface area (Å²) in [5.74, 6) is 1.28. The third-order valence-electron chi connectivity index (χ3n) is 11.2. The molecule has 0 spiro atoms. The van der Waals surface area contributed by atoms with E-state index >= 15 is 0 Å². The third-order valence-corrected chi connectivity index (χ3v) is 11.2. The summed E-state index contributed by atoms with van der Waals surface area (Å²) in [5, 5.41) is 28.8. The molecule has 0 aromatic rings. The fourth-order valence-electron chi connectivity index (χ4n) is 8.17. The van der Waals surface area contributed by atoms with Crippen molar-refractivity contribution in [3.8, 4) is 0 Å².